The first-order valence-corrected chi connectivity index (χ1v) is 6.52. The number of hydrogen-bond donors (Lipinski definition) is 2. The second-order valence-corrected chi connectivity index (χ2v) is 4.94. The van der Waals surface area contributed by atoms with Crippen LogP contribution < -0.4 is 10.9 Å². The Morgan fingerprint density at radius 3 is 2.50 bits per heavy atom. The quantitative estimate of drug-likeness (QED) is 0.898. The van der Waals surface area contributed by atoms with Gasteiger partial charge in [-0.1, -0.05) is 18.2 Å². The Kier molecular flexibility index (Phi) is 4.03. The summed E-state index contributed by atoms with van der Waals surface area (Å²) in [6, 6.07) is 9.28. The van der Waals surface area contributed by atoms with Gasteiger partial charge in [0.1, 0.15) is 0 Å². The number of aryl methyl sites for hydroxylation is 3. The van der Waals surface area contributed by atoms with E-state index in [1.54, 1.807) is 6.07 Å². The molecule has 0 saturated heterocycles. The Labute approximate surface area is 117 Å². The van der Waals surface area contributed by atoms with E-state index in [1.807, 2.05) is 45.0 Å². The van der Waals surface area contributed by atoms with Crippen LogP contribution in [0.5, 0.6) is 0 Å². The number of nitrogens with one attached hydrogen (secondary N) is 2. The Morgan fingerprint density at radius 2 is 1.85 bits per heavy atom. The van der Waals surface area contributed by atoms with Crippen LogP contribution in [-0.2, 0) is 6.54 Å². The maximum absolute atomic E-state index is 12.1. The number of H-pyrrole nitrogens is 1. The summed E-state index contributed by atoms with van der Waals surface area (Å²) in [7, 11) is 0. The predicted octanol–water partition coefficient (Wildman–Crippen LogP) is 2.23. The standard InChI is InChI=1S/C16H18N2O2/c1-10-6-4-5-7-13(10)15(19)17-9-14-11(2)8-12(3)18-16(14)20/h4-8H,9H2,1-3H3,(H,17,19)(H,18,20). The van der Waals surface area contributed by atoms with Gasteiger partial charge in [-0.3, -0.25) is 9.59 Å². The minimum Gasteiger partial charge on any atom is -0.348 e. The minimum absolute atomic E-state index is 0.146. The van der Waals surface area contributed by atoms with Crippen molar-refractivity contribution < 1.29 is 4.79 Å². The number of benzene rings is 1. The van der Waals surface area contributed by atoms with Crippen LogP contribution in [0.25, 0.3) is 0 Å². The molecule has 2 rings (SSSR count). The number of amides is 1. The van der Waals surface area contributed by atoms with Crippen molar-refractivity contribution in [3.05, 3.63) is 68.6 Å². The van der Waals surface area contributed by atoms with Crippen LogP contribution in [0.1, 0.15) is 32.7 Å². The lowest BCUT2D eigenvalue weighted by Crippen LogP contribution is -2.28. The van der Waals surface area contributed by atoms with Crippen LogP contribution in [0.3, 0.4) is 0 Å². The summed E-state index contributed by atoms with van der Waals surface area (Å²) in [5, 5.41) is 2.80. The molecule has 0 fully saturated rings. The Morgan fingerprint density at radius 1 is 1.15 bits per heavy atom. The molecule has 0 aliphatic carbocycles. The van der Waals surface area contributed by atoms with Crippen LogP contribution in [0.15, 0.2) is 35.1 Å². The highest BCUT2D eigenvalue weighted by Gasteiger charge is 2.10. The van der Waals surface area contributed by atoms with Crippen molar-refractivity contribution in [1.29, 1.82) is 0 Å². The molecule has 1 aromatic carbocycles. The molecule has 0 bridgehead atoms. The summed E-state index contributed by atoms with van der Waals surface area (Å²) < 4.78 is 0. The highest BCUT2D eigenvalue weighted by atomic mass is 16.1. The number of hydrogen-bond acceptors (Lipinski definition) is 2. The summed E-state index contributed by atoms with van der Waals surface area (Å²) in [6.45, 7) is 5.83. The third-order valence-corrected chi connectivity index (χ3v) is 3.31. The third kappa shape index (κ3) is 2.96. The molecule has 0 unspecified atom stereocenters. The van der Waals surface area contributed by atoms with Gasteiger partial charge < -0.3 is 10.3 Å². The molecule has 1 heterocycles. The van der Waals surface area contributed by atoms with E-state index >= 15 is 0 Å². The largest absolute Gasteiger partial charge is 0.348 e. The molecule has 4 nitrogen and oxygen atoms in total. The number of aromatic amines is 1. The van der Waals surface area contributed by atoms with Gasteiger partial charge in [-0.15, -0.1) is 0 Å². The number of carbonyl (C=O) groups excluding carboxylic acids is 1. The van der Waals surface area contributed by atoms with Crippen molar-refractivity contribution in [3.63, 3.8) is 0 Å². The fraction of sp³-hybridized carbons (Fsp3) is 0.250. The van der Waals surface area contributed by atoms with Gasteiger partial charge in [0.25, 0.3) is 11.5 Å². The van der Waals surface area contributed by atoms with Gasteiger partial charge in [0.05, 0.1) is 0 Å². The van der Waals surface area contributed by atoms with E-state index in [-0.39, 0.29) is 18.0 Å². The normalized spacial score (nSPS) is 10.3. The minimum atomic E-state index is -0.164. The molecule has 0 aliphatic heterocycles. The molecule has 104 valence electrons. The van der Waals surface area contributed by atoms with Gasteiger partial charge >= 0.3 is 0 Å². The summed E-state index contributed by atoms with van der Waals surface area (Å²) in [4.78, 5) is 26.7. The van der Waals surface area contributed by atoms with E-state index in [9.17, 15) is 9.59 Å². The summed E-state index contributed by atoms with van der Waals surface area (Å²) in [5.41, 5.74) is 3.70. The first-order valence-electron chi connectivity index (χ1n) is 6.52. The van der Waals surface area contributed by atoms with E-state index < -0.39 is 0 Å². The highest BCUT2D eigenvalue weighted by Crippen LogP contribution is 2.08. The molecule has 0 atom stereocenters. The SMILES string of the molecule is Cc1cc(C)c(CNC(=O)c2ccccc2C)c(=O)[nH]1. The van der Waals surface area contributed by atoms with E-state index in [2.05, 4.69) is 10.3 Å². The third-order valence-electron chi connectivity index (χ3n) is 3.31. The van der Waals surface area contributed by atoms with Crippen LogP contribution in [0.2, 0.25) is 0 Å². The zero-order valence-electron chi connectivity index (χ0n) is 11.9. The molecule has 0 saturated carbocycles. The van der Waals surface area contributed by atoms with Crippen LogP contribution in [0.4, 0.5) is 0 Å². The van der Waals surface area contributed by atoms with Crippen molar-refractivity contribution >= 4 is 5.91 Å². The second kappa shape index (κ2) is 5.74. The molecule has 4 heteroatoms. The van der Waals surface area contributed by atoms with E-state index in [0.717, 1.165) is 16.8 Å². The first kappa shape index (κ1) is 14.1. The van der Waals surface area contributed by atoms with Gasteiger partial charge in [0.2, 0.25) is 0 Å². The Balaban J connectivity index is 2.16. The monoisotopic (exact) mass is 270 g/mol. The molecular formula is C16H18N2O2. The number of pyridine rings is 1. The zero-order chi connectivity index (χ0) is 14.7. The van der Waals surface area contributed by atoms with Gasteiger partial charge in [-0.05, 0) is 44.0 Å². The van der Waals surface area contributed by atoms with Crippen LogP contribution in [-0.4, -0.2) is 10.9 Å². The Bertz CT molecular complexity index is 702. The van der Waals surface area contributed by atoms with Crippen molar-refractivity contribution in [2.75, 3.05) is 0 Å². The van der Waals surface area contributed by atoms with Crippen molar-refractivity contribution in [2.45, 2.75) is 27.3 Å². The summed E-state index contributed by atoms with van der Waals surface area (Å²) in [6.07, 6.45) is 0. The second-order valence-electron chi connectivity index (χ2n) is 4.94. The van der Waals surface area contributed by atoms with Gasteiger partial charge in [0.15, 0.2) is 0 Å². The van der Waals surface area contributed by atoms with E-state index in [1.165, 1.54) is 0 Å². The lowest BCUT2D eigenvalue weighted by molar-refractivity contribution is 0.0950. The highest BCUT2D eigenvalue weighted by molar-refractivity contribution is 5.95. The smallest absolute Gasteiger partial charge is 0.253 e. The molecule has 1 aromatic heterocycles. The van der Waals surface area contributed by atoms with Crippen molar-refractivity contribution in [1.82, 2.24) is 10.3 Å². The summed E-state index contributed by atoms with van der Waals surface area (Å²) in [5.74, 6) is -0.164. The average molecular weight is 270 g/mol. The lowest BCUT2D eigenvalue weighted by Gasteiger charge is -2.09. The summed E-state index contributed by atoms with van der Waals surface area (Å²) >= 11 is 0. The molecule has 2 N–H and O–H groups in total. The van der Waals surface area contributed by atoms with Crippen LogP contribution in [0, 0.1) is 20.8 Å². The van der Waals surface area contributed by atoms with Crippen molar-refractivity contribution in [2.24, 2.45) is 0 Å². The van der Waals surface area contributed by atoms with Gasteiger partial charge in [-0.2, -0.15) is 0 Å². The molecule has 0 aliphatic rings. The number of carbonyl (C=O) groups is 1. The molecule has 0 radical (unpaired) electrons. The van der Waals surface area contributed by atoms with E-state index in [4.69, 9.17) is 0 Å². The maximum atomic E-state index is 12.1. The molecule has 1 amide bonds. The first-order chi connectivity index (χ1) is 9.49. The number of aromatic nitrogens is 1. The van der Waals surface area contributed by atoms with E-state index in [0.29, 0.717) is 11.1 Å². The number of rotatable bonds is 3. The predicted molar refractivity (Wildman–Crippen MR) is 78.9 cm³/mol. The Hall–Kier alpha value is -2.36. The topological polar surface area (TPSA) is 62.0 Å². The van der Waals surface area contributed by atoms with Crippen molar-refractivity contribution in [3.8, 4) is 0 Å². The van der Waals surface area contributed by atoms with Crippen LogP contribution >= 0.6 is 0 Å². The molecule has 2 aromatic rings. The molecular weight excluding hydrogens is 252 g/mol. The lowest BCUT2D eigenvalue weighted by atomic mass is 10.1. The molecule has 20 heavy (non-hydrogen) atoms. The van der Waals surface area contributed by atoms with Gasteiger partial charge in [-0.25, -0.2) is 0 Å². The van der Waals surface area contributed by atoms with Gasteiger partial charge in [0, 0.05) is 23.4 Å². The zero-order valence-corrected chi connectivity index (χ0v) is 11.9. The average Bonchev–Trinajstić information content (AvgIpc) is 2.37. The fourth-order valence-electron chi connectivity index (χ4n) is 2.19. The maximum Gasteiger partial charge on any atom is 0.253 e. The molecule has 0 spiro atoms. The fourth-order valence-corrected chi connectivity index (χ4v) is 2.19.